The lowest BCUT2D eigenvalue weighted by atomic mass is 10.2. The number of anilines is 2. The number of rotatable bonds is 6. The first-order chi connectivity index (χ1) is 15.0. The minimum absolute atomic E-state index is 0.0437. The molecule has 0 unspecified atom stereocenters. The Morgan fingerprint density at radius 3 is 2.77 bits per heavy atom. The largest absolute Gasteiger partial charge is 0.495 e. The smallest absolute Gasteiger partial charge is 0.247 e. The standard InChI is InChI=1S/C21H21FN4O4S/c1-29-17-9-8-15(22)13-19(17)31(27,28)26-11-12-30-18(14-26)16-5-4-7-21(24-16)25-20-6-2-3-10-23-20/h2-10,13,18H,11-12,14H2,1H3,(H,23,24,25)/t18-/m1/s1. The van der Waals surface area contributed by atoms with Crippen LogP contribution >= 0.6 is 0 Å². The zero-order chi connectivity index (χ0) is 21.8. The van der Waals surface area contributed by atoms with Gasteiger partial charge in [-0.25, -0.2) is 22.8 Å². The second-order valence-corrected chi connectivity index (χ2v) is 8.71. The summed E-state index contributed by atoms with van der Waals surface area (Å²) < 4.78 is 52.3. The first-order valence-corrected chi connectivity index (χ1v) is 11.0. The van der Waals surface area contributed by atoms with Crippen LogP contribution < -0.4 is 10.1 Å². The maximum atomic E-state index is 13.8. The van der Waals surface area contributed by atoms with Gasteiger partial charge >= 0.3 is 0 Å². The van der Waals surface area contributed by atoms with E-state index in [1.807, 2.05) is 18.2 Å². The molecule has 0 radical (unpaired) electrons. The number of morpholine rings is 1. The minimum atomic E-state index is -3.99. The zero-order valence-electron chi connectivity index (χ0n) is 16.7. The van der Waals surface area contributed by atoms with Gasteiger partial charge in [0.05, 0.1) is 19.4 Å². The molecule has 0 aliphatic carbocycles. The van der Waals surface area contributed by atoms with E-state index in [0.29, 0.717) is 17.3 Å². The monoisotopic (exact) mass is 444 g/mol. The molecular formula is C21H21FN4O4S. The third-order valence-electron chi connectivity index (χ3n) is 4.79. The summed E-state index contributed by atoms with van der Waals surface area (Å²) in [7, 11) is -2.65. The number of ether oxygens (including phenoxy) is 2. The Morgan fingerprint density at radius 1 is 1.16 bits per heavy atom. The summed E-state index contributed by atoms with van der Waals surface area (Å²) in [6.07, 6.45) is 1.09. The number of methoxy groups -OCH3 is 1. The van der Waals surface area contributed by atoms with Gasteiger partial charge in [0, 0.05) is 19.3 Å². The first kappa shape index (κ1) is 21.2. The van der Waals surface area contributed by atoms with Crippen molar-refractivity contribution in [2.75, 3.05) is 32.1 Å². The van der Waals surface area contributed by atoms with Crippen molar-refractivity contribution in [3.8, 4) is 5.75 Å². The van der Waals surface area contributed by atoms with E-state index in [-0.39, 0.29) is 30.3 Å². The van der Waals surface area contributed by atoms with E-state index in [9.17, 15) is 12.8 Å². The Morgan fingerprint density at radius 2 is 2.00 bits per heavy atom. The number of nitrogens with one attached hydrogen (secondary N) is 1. The molecule has 1 aliphatic rings. The number of aromatic nitrogens is 2. The van der Waals surface area contributed by atoms with Gasteiger partial charge in [0.2, 0.25) is 10.0 Å². The van der Waals surface area contributed by atoms with Crippen molar-refractivity contribution in [1.82, 2.24) is 14.3 Å². The number of pyridine rings is 2. The predicted molar refractivity (Wildman–Crippen MR) is 112 cm³/mol. The summed E-state index contributed by atoms with van der Waals surface area (Å²) in [5, 5.41) is 3.10. The molecule has 8 nitrogen and oxygen atoms in total. The van der Waals surface area contributed by atoms with Gasteiger partial charge in [-0.15, -0.1) is 0 Å². The third kappa shape index (κ3) is 4.66. The molecule has 1 aliphatic heterocycles. The molecule has 1 fully saturated rings. The molecule has 0 spiro atoms. The van der Waals surface area contributed by atoms with Crippen molar-refractivity contribution < 1.29 is 22.3 Å². The van der Waals surface area contributed by atoms with Crippen molar-refractivity contribution in [3.63, 3.8) is 0 Å². The van der Waals surface area contributed by atoms with Gasteiger partial charge in [0.15, 0.2) is 0 Å². The highest BCUT2D eigenvalue weighted by molar-refractivity contribution is 7.89. The summed E-state index contributed by atoms with van der Waals surface area (Å²) in [6.45, 7) is 0.369. The molecule has 2 aromatic heterocycles. The average molecular weight is 444 g/mol. The van der Waals surface area contributed by atoms with E-state index in [2.05, 4.69) is 15.3 Å². The fourth-order valence-corrected chi connectivity index (χ4v) is 4.87. The first-order valence-electron chi connectivity index (χ1n) is 9.57. The van der Waals surface area contributed by atoms with E-state index in [1.165, 1.54) is 17.5 Å². The Kier molecular flexibility index (Phi) is 6.12. The quantitative estimate of drug-likeness (QED) is 0.624. The second kappa shape index (κ2) is 8.96. The van der Waals surface area contributed by atoms with Crippen LogP contribution in [0.4, 0.5) is 16.0 Å². The SMILES string of the molecule is COc1ccc(F)cc1S(=O)(=O)N1CCO[C@@H](c2cccc(Nc3ccccn3)n2)C1. The summed E-state index contributed by atoms with van der Waals surface area (Å²) in [6, 6.07) is 14.3. The minimum Gasteiger partial charge on any atom is -0.495 e. The van der Waals surface area contributed by atoms with Crippen LogP contribution in [-0.4, -0.2) is 49.5 Å². The number of benzene rings is 1. The normalized spacial score (nSPS) is 17.3. The molecule has 3 aromatic rings. The molecule has 31 heavy (non-hydrogen) atoms. The van der Waals surface area contributed by atoms with Crippen molar-refractivity contribution in [3.05, 3.63) is 72.3 Å². The molecule has 0 bridgehead atoms. The van der Waals surface area contributed by atoms with Gasteiger partial charge in [0.25, 0.3) is 0 Å². The van der Waals surface area contributed by atoms with Crippen molar-refractivity contribution in [2.24, 2.45) is 0 Å². The lowest BCUT2D eigenvalue weighted by molar-refractivity contribution is -0.00490. The second-order valence-electron chi connectivity index (χ2n) is 6.81. The van der Waals surface area contributed by atoms with Crippen LogP contribution in [0.3, 0.4) is 0 Å². The average Bonchev–Trinajstić information content (AvgIpc) is 2.80. The van der Waals surface area contributed by atoms with Gasteiger partial charge in [-0.1, -0.05) is 12.1 Å². The Balaban J connectivity index is 1.56. The molecule has 0 saturated carbocycles. The summed E-state index contributed by atoms with van der Waals surface area (Å²) in [5.41, 5.74) is 0.576. The van der Waals surface area contributed by atoms with Gasteiger partial charge in [-0.2, -0.15) is 4.31 Å². The summed E-state index contributed by atoms with van der Waals surface area (Å²) in [4.78, 5) is 8.54. The van der Waals surface area contributed by atoms with Crippen LogP contribution in [0.15, 0.2) is 65.7 Å². The summed E-state index contributed by atoms with van der Waals surface area (Å²) in [5.74, 6) is 0.633. The molecule has 162 valence electrons. The maximum absolute atomic E-state index is 13.8. The highest BCUT2D eigenvalue weighted by atomic mass is 32.2. The van der Waals surface area contributed by atoms with Crippen LogP contribution in [0.5, 0.6) is 5.75 Å². The molecular weight excluding hydrogens is 423 g/mol. The molecule has 10 heteroatoms. The number of sulfonamides is 1. The van der Waals surface area contributed by atoms with Crippen LogP contribution in [0.25, 0.3) is 0 Å². The van der Waals surface area contributed by atoms with Crippen molar-refractivity contribution >= 4 is 21.7 Å². The van der Waals surface area contributed by atoms with Crippen molar-refractivity contribution in [2.45, 2.75) is 11.0 Å². The topological polar surface area (TPSA) is 93.7 Å². The van der Waals surface area contributed by atoms with Gasteiger partial charge in [-0.3, -0.25) is 0 Å². The zero-order valence-corrected chi connectivity index (χ0v) is 17.5. The number of hydrogen-bond acceptors (Lipinski definition) is 7. The predicted octanol–water partition coefficient (Wildman–Crippen LogP) is 3.13. The van der Waals surface area contributed by atoms with E-state index < -0.39 is 21.9 Å². The molecule has 1 N–H and O–H groups in total. The van der Waals surface area contributed by atoms with E-state index in [4.69, 9.17) is 9.47 Å². The highest BCUT2D eigenvalue weighted by Gasteiger charge is 2.34. The Labute approximate surface area is 179 Å². The lowest BCUT2D eigenvalue weighted by Gasteiger charge is -2.32. The molecule has 4 rings (SSSR count). The molecule has 1 aromatic carbocycles. The molecule has 3 heterocycles. The third-order valence-corrected chi connectivity index (χ3v) is 6.68. The Hall–Kier alpha value is -3.08. The maximum Gasteiger partial charge on any atom is 0.247 e. The fraction of sp³-hybridized carbons (Fsp3) is 0.238. The van der Waals surface area contributed by atoms with Gasteiger partial charge < -0.3 is 14.8 Å². The molecule has 1 saturated heterocycles. The molecule has 0 amide bonds. The van der Waals surface area contributed by atoms with Crippen LogP contribution in [0, 0.1) is 5.82 Å². The number of hydrogen-bond donors (Lipinski definition) is 1. The van der Waals surface area contributed by atoms with Gasteiger partial charge in [-0.05, 0) is 42.5 Å². The fourth-order valence-electron chi connectivity index (χ4n) is 3.28. The lowest BCUT2D eigenvalue weighted by Crippen LogP contribution is -2.42. The van der Waals surface area contributed by atoms with Crippen LogP contribution in [0.1, 0.15) is 11.8 Å². The number of nitrogens with zero attached hydrogens (tertiary/aromatic N) is 3. The van der Waals surface area contributed by atoms with Crippen molar-refractivity contribution in [1.29, 1.82) is 0 Å². The Bertz CT molecular complexity index is 1160. The van der Waals surface area contributed by atoms with E-state index >= 15 is 0 Å². The van der Waals surface area contributed by atoms with Crippen LogP contribution in [0.2, 0.25) is 0 Å². The molecule has 1 atom stereocenters. The van der Waals surface area contributed by atoms with E-state index in [1.54, 1.807) is 24.4 Å². The van der Waals surface area contributed by atoms with Crippen LogP contribution in [-0.2, 0) is 14.8 Å². The van der Waals surface area contributed by atoms with E-state index in [0.717, 1.165) is 12.1 Å². The summed E-state index contributed by atoms with van der Waals surface area (Å²) >= 11 is 0. The number of halogens is 1. The van der Waals surface area contributed by atoms with Gasteiger partial charge in [0.1, 0.15) is 34.2 Å². The highest BCUT2D eigenvalue weighted by Crippen LogP contribution is 2.31.